The van der Waals surface area contributed by atoms with Crippen molar-refractivity contribution in [3.05, 3.63) is 53.6 Å². The summed E-state index contributed by atoms with van der Waals surface area (Å²) in [6.07, 6.45) is -3.35. The molecule has 22 heteroatoms. The molecule has 3 aliphatic heterocycles. The number of carbonyl (C=O) groups excluding carboxylic acids is 2. The molecule has 0 spiro atoms. The Kier molecular flexibility index (Phi) is 21.1. The predicted octanol–water partition coefficient (Wildman–Crippen LogP) is 4.82. The number of hydrogen-bond donors (Lipinski definition) is 4. The standard InChI is InChI=1S/C55H89FN8O13/c1-16-44-55(11,70)49(66)35(6)62(13)28-31(2)25-53(9,69)51(33(4)47(34(5)52(68)75-44)76-46-26-54(10,72-15)50(67)37(8)74-46)77-45-24-41(23-32(3)73-45)61(12)22-21-39-29-64(59-57-39)43(27-56)48(71-14)38-17-19-40(20-18-38)63-30-42(36(7)65)58-60-63/h17-20,29-35,37,41,43-51,66-67,69-70H,16,21-28H2,1-15H3/t31-,32-,33+,34-,35-,37+,41+,43-,44-,45+,46+,47+,48-,49-,50+,51-,53-,54-,55-/m1/s1. The highest BCUT2D eigenvalue weighted by Crippen LogP contribution is 2.41. The van der Waals surface area contributed by atoms with Crippen LogP contribution in [0, 0.1) is 17.8 Å². The third kappa shape index (κ3) is 14.5. The largest absolute Gasteiger partial charge is 0.459 e. The van der Waals surface area contributed by atoms with E-state index >= 15 is 0 Å². The first-order valence-electron chi connectivity index (χ1n) is 27.3. The number of Topliss-reactive ketones (excluding diaryl/α,β-unsaturated/α-hetero) is 1. The lowest BCUT2D eigenvalue weighted by Crippen LogP contribution is -2.59. The van der Waals surface area contributed by atoms with Crippen molar-refractivity contribution in [1.29, 1.82) is 0 Å². The van der Waals surface area contributed by atoms with Gasteiger partial charge in [0.2, 0.25) is 0 Å². The first-order chi connectivity index (χ1) is 36.2. The topological polar surface area (TPSA) is 248 Å². The van der Waals surface area contributed by atoms with Crippen molar-refractivity contribution in [3.8, 4) is 5.69 Å². The van der Waals surface area contributed by atoms with E-state index in [1.54, 1.807) is 59.1 Å². The number of hydrogen-bond acceptors (Lipinski definition) is 19. The van der Waals surface area contributed by atoms with Crippen molar-refractivity contribution in [2.45, 2.75) is 211 Å². The summed E-state index contributed by atoms with van der Waals surface area (Å²) in [6, 6.07) is 5.80. The van der Waals surface area contributed by atoms with E-state index in [0.717, 1.165) is 0 Å². The van der Waals surface area contributed by atoms with Gasteiger partial charge in [0, 0.05) is 77.7 Å². The van der Waals surface area contributed by atoms with Crippen LogP contribution in [-0.2, 0) is 44.4 Å². The van der Waals surface area contributed by atoms with Crippen molar-refractivity contribution in [3.63, 3.8) is 0 Å². The molecular formula is C55H89FN8O13. The fraction of sp³-hybridized carbons (Fsp3) is 0.782. The number of carbonyl (C=O) groups is 2. The maximum atomic E-state index is 14.9. The third-order valence-corrected chi connectivity index (χ3v) is 16.7. The number of ketones is 1. The molecule has 3 fully saturated rings. The van der Waals surface area contributed by atoms with E-state index in [4.69, 9.17) is 33.2 Å². The normalized spacial score (nSPS) is 37.2. The summed E-state index contributed by atoms with van der Waals surface area (Å²) < 4.78 is 62.5. The Bertz CT molecular complexity index is 2360. The summed E-state index contributed by atoms with van der Waals surface area (Å²) in [7, 11) is 6.90. The molecule has 0 bridgehead atoms. The highest BCUT2D eigenvalue weighted by molar-refractivity contribution is 5.91. The molecule has 0 radical (unpaired) electrons. The zero-order valence-electron chi connectivity index (χ0n) is 48.0. The number of cyclic esters (lactones) is 1. The van der Waals surface area contributed by atoms with Crippen molar-refractivity contribution in [1.82, 2.24) is 39.8 Å². The van der Waals surface area contributed by atoms with Crippen molar-refractivity contribution < 1.29 is 67.6 Å². The summed E-state index contributed by atoms with van der Waals surface area (Å²) in [4.78, 5) is 30.4. The van der Waals surface area contributed by atoms with Gasteiger partial charge in [0.1, 0.15) is 48.4 Å². The van der Waals surface area contributed by atoms with Gasteiger partial charge in [0.15, 0.2) is 18.4 Å². The van der Waals surface area contributed by atoms with Crippen LogP contribution in [0.2, 0.25) is 0 Å². The highest BCUT2D eigenvalue weighted by atomic mass is 19.1. The fourth-order valence-electron chi connectivity index (χ4n) is 11.9. The quantitative estimate of drug-likeness (QED) is 0.105. The van der Waals surface area contributed by atoms with Crippen molar-refractivity contribution in [2.24, 2.45) is 17.8 Å². The lowest BCUT2D eigenvalue weighted by molar-refractivity contribution is -0.308. The SMILES string of the molecule is CC[C@H]1OC(=O)[C@H](C)[C@@H](O[C@H]2C[C@@](C)(OC)[C@@H](O)[C@H](C)O2)[C@H](C)[C@@H](O[C@H]2C[C@@H](N(C)CCc3cn([C@H](CF)[C@H](OC)c4ccc(-n5cc(C(C)=O)nn5)cc4)nn3)C[C@@H](C)O2)[C@](C)(O)C[C@@H](C)CN(C)[C@H](C)[C@@H](O)[C@]1(C)O. The van der Waals surface area contributed by atoms with Crippen LogP contribution < -0.4 is 0 Å². The van der Waals surface area contributed by atoms with Crippen molar-refractivity contribution >= 4 is 11.8 Å². The van der Waals surface area contributed by atoms with E-state index in [9.17, 15) is 34.4 Å². The number of alkyl halides is 1. The summed E-state index contributed by atoms with van der Waals surface area (Å²) in [6.45, 7) is 19.5. The number of rotatable bonds is 17. The number of ether oxygens (including phenoxy) is 7. The number of esters is 1. The Labute approximate surface area is 454 Å². The summed E-state index contributed by atoms with van der Waals surface area (Å²) >= 11 is 0. The Balaban J connectivity index is 1.22. The number of aliphatic hydroxyl groups is 4. The van der Waals surface area contributed by atoms with E-state index in [1.807, 2.05) is 58.8 Å². The summed E-state index contributed by atoms with van der Waals surface area (Å²) in [5, 5.41) is 64.3. The van der Waals surface area contributed by atoms with Gasteiger partial charge < -0.3 is 63.4 Å². The number of likely N-dealkylation sites (N-methyl/N-ethyl adjacent to an activating group) is 2. The smallest absolute Gasteiger partial charge is 0.311 e. The van der Waals surface area contributed by atoms with Gasteiger partial charge in [-0.15, -0.1) is 10.2 Å². The van der Waals surface area contributed by atoms with Gasteiger partial charge in [-0.1, -0.05) is 43.3 Å². The molecule has 3 aliphatic rings. The molecular weight excluding hydrogens is 1000 g/mol. The predicted molar refractivity (Wildman–Crippen MR) is 282 cm³/mol. The number of aromatic nitrogens is 6. The molecule has 0 unspecified atom stereocenters. The Morgan fingerprint density at radius 1 is 0.935 bits per heavy atom. The second kappa shape index (κ2) is 26.1. The van der Waals surface area contributed by atoms with E-state index in [2.05, 4.69) is 25.5 Å². The van der Waals surface area contributed by atoms with Gasteiger partial charge in [-0.25, -0.2) is 13.8 Å². The van der Waals surface area contributed by atoms with Crippen LogP contribution in [-0.4, -0.2) is 204 Å². The van der Waals surface area contributed by atoms with E-state index in [1.165, 1.54) is 37.4 Å². The van der Waals surface area contributed by atoms with Crippen LogP contribution in [0.25, 0.3) is 5.69 Å². The molecule has 6 rings (SSSR count). The number of aliphatic hydroxyl groups excluding tert-OH is 2. The molecule has 0 saturated carbocycles. The maximum Gasteiger partial charge on any atom is 0.311 e. The molecule has 19 atom stereocenters. The van der Waals surface area contributed by atoms with E-state index in [-0.39, 0.29) is 48.8 Å². The molecule has 0 amide bonds. The second-order valence-electron chi connectivity index (χ2n) is 23.1. The van der Waals surface area contributed by atoms with Gasteiger partial charge in [-0.05, 0) is 105 Å². The van der Waals surface area contributed by atoms with Gasteiger partial charge in [0.05, 0.1) is 59.1 Å². The molecule has 1 aromatic carbocycles. The molecule has 2 aromatic heterocycles. The van der Waals surface area contributed by atoms with Gasteiger partial charge in [-0.3, -0.25) is 9.59 Å². The lowest BCUT2D eigenvalue weighted by Gasteiger charge is -2.48. The summed E-state index contributed by atoms with van der Waals surface area (Å²) in [5.74, 6) is -2.81. The molecule has 77 heavy (non-hydrogen) atoms. The second-order valence-corrected chi connectivity index (χ2v) is 23.1. The summed E-state index contributed by atoms with van der Waals surface area (Å²) in [5.41, 5.74) is -2.15. The molecule has 434 valence electrons. The van der Waals surface area contributed by atoms with Crippen LogP contribution in [0.1, 0.15) is 142 Å². The number of methoxy groups -OCH3 is 2. The van der Waals surface area contributed by atoms with Crippen LogP contribution in [0.15, 0.2) is 36.7 Å². The van der Waals surface area contributed by atoms with Crippen LogP contribution in [0.4, 0.5) is 4.39 Å². The van der Waals surface area contributed by atoms with Crippen LogP contribution >= 0.6 is 0 Å². The monoisotopic (exact) mass is 1090 g/mol. The van der Waals surface area contributed by atoms with E-state index < -0.39 is 109 Å². The molecule has 5 heterocycles. The third-order valence-electron chi connectivity index (χ3n) is 16.7. The van der Waals surface area contributed by atoms with Gasteiger partial charge in [0.25, 0.3) is 0 Å². The zero-order chi connectivity index (χ0) is 56.9. The van der Waals surface area contributed by atoms with Crippen LogP contribution in [0.5, 0.6) is 0 Å². The Morgan fingerprint density at radius 3 is 2.23 bits per heavy atom. The average Bonchev–Trinajstić information content (AvgIpc) is 4.09. The first-order valence-corrected chi connectivity index (χ1v) is 27.3. The fourth-order valence-corrected chi connectivity index (χ4v) is 11.9. The molecule has 0 aliphatic carbocycles. The van der Waals surface area contributed by atoms with Gasteiger partial charge in [-0.2, -0.15) is 0 Å². The maximum absolute atomic E-state index is 14.9. The minimum absolute atomic E-state index is 0.0391. The molecule has 3 saturated heterocycles. The molecule has 21 nitrogen and oxygen atoms in total. The minimum atomic E-state index is -1.83. The van der Waals surface area contributed by atoms with Crippen LogP contribution in [0.3, 0.4) is 0 Å². The number of halogens is 1. The lowest BCUT2D eigenvalue weighted by atomic mass is 9.77. The van der Waals surface area contributed by atoms with E-state index in [0.29, 0.717) is 49.3 Å². The number of benzene rings is 1. The Morgan fingerprint density at radius 2 is 1.62 bits per heavy atom. The zero-order valence-corrected chi connectivity index (χ0v) is 48.0. The van der Waals surface area contributed by atoms with Crippen molar-refractivity contribution in [2.75, 3.05) is 48.1 Å². The van der Waals surface area contributed by atoms with Gasteiger partial charge >= 0.3 is 5.97 Å². The molecule has 3 aromatic rings. The first kappa shape index (κ1) is 62.3. The average molecular weight is 1090 g/mol. The number of nitrogens with zero attached hydrogens (tertiary/aromatic N) is 8. The minimum Gasteiger partial charge on any atom is -0.459 e. The highest BCUT2D eigenvalue weighted by Gasteiger charge is 2.52. The Hall–Kier alpha value is -3.91. The molecule has 4 N–H and O–H groups in total.